The highest BCUT2D eigenvalue weighted by atomic mass is 16.5. The van der Waals surface area contributed by atoms with E-state index in [1.807, 2.05) is 30.3 Å². The Balaban J connectivity index is 1.73. The zero-order chi connectivity index (χ0) is 15.8. The first kappa shape index (κ1) is 16.2. The highest BCUT2D eigenvalue weighted by Gasteiger charge is 2.28. The Labute approximate surface area is 130 Å². The molecule has 2 amide bonds. The van der Waals surface area contributed by atoms with Gasteiger partial charge < -0.3 is 15.0 Å². The number of benzene rings is 1. The number of rotatable bonds is 7. The topological polar surface area (TPSA) is 58.6 Å². The van der Waals surface area contributed by atoms with E-state index in [4.69, 9.17) is 4.74 Å². The average molecular weight is 302 g/mol. The number of hydrogen-bond donors (Lipinski definition) is 1. The number of methoxy groups -OCH3 is 1. The van der Waals surface area contributed by atoms with E-state index < -0.39 is 0 Å². The summed E-state index contributed by atoms with van der Waals surface area (Å²) in [6, 6.07) is 9.66. The number of likely N-dealkylation sites (tertiary alicyclic amines) is 1. The molecule has 0 bridgehead atoms. The van der Waals surface area contributed by atoms with Crippen LogP contribution in [0.2, 0.25) is 0 Å². The van der Waals surface area contributed by atoms with E-state index in [-0.39, 0.29) is 17.7 Å². The quantitative estimate of drug-likeness (QED) is 0.773. The molecule has 118 valence electrons. The van der Waals surface area contributed by atoms with Crippen molar-refractivity contribution in [3.63, 3.8) is 0 Å². The molecule has 5 nitrogen and oxygen atoms in total. The van der Waals surface area contributed by atoms with Crippen molar-refractivity contribution in [1.29, 1.82) is 0 Å². The van der Waals surface area contributed by atoms with Crippen LogP contribution in [0.4, 0.5) is 0 Å². The Hall–Kier alpha value is -2.14. The van der Waals surface area contributed by atoms with E-state index >= 15 is 0 Å². The van der Waals surface area contributed by atoms with Crippen molar-refractivity contribution in [3.05, 3.63) is 42.0 Å². The van der Waals surface area contributed by atoms with Gasteiger partial charge >= 0.3 is 0 Å². The molecular weight excluding hydrogens is 280 g/mol. The standard InChI is InChI=1S/C17H22N2O3/c1-22-10-9-19-13-15(11-17(19)21)12-18-16(20)8-7-14-5-3-2-4-6-14/h2-8,15H,9-13H2,1H3,(H,18,20). The van der Waals surface area contributed by atoms with E-state index in [0.717, 1.165) is 5.56 Å². The predicted octanol–water partition coefficient (Wildman–Crippen LogP) is 1.31. The van der Waals surface area contributed by atoms with E-state index in [2.05, 4.69) is 5.32 Å². The molecule has 0 saturated carbocycles. The van der Waals surface area contributed by atoms with Gasteiger partial charge in [0.15, 0.2) is 0 Å². The van der Waals surface area contributed by atoms with Gasteiger partial charge in [-0.25, -0.2) is 0 Å². The fraction of sp³-hybridized carbons (Fsp3) is 0.412. The summed E-state index contributed by atoms with van der Waals surface area (Å²) in [6.45, 7) is 2.37. The van der Waals surface area contributed by atoms with Crippen molar-refractivity contribution in [1.82, 2.24) is 10.2 Å². The minimum absolute atomic E-state index is 0.133. The maximum atomic E-state index is 11.8. The molecule has 1 N–H and O–H groups in total. The van der Waals surface area contributed by atoms with Crippen LogP contribution in [0.15, 0.2) is 36.4 Å². The molecule has 1 heterocycles. The first-order valence-corrected chi connectivity index (χ1v) is 7.46. The summed E-state index contributed by atoms with van der Waals surface area (Å²) in [4.78, 5) is 25.4. The van der Waals surface area contributed by atoms with Gasteiger partial charge in [0, 0.05) is 45.2 Å². The molecule has 1 unspecified atom stereocenters. The van der Waals surface area contributed by atoms with Crippen molar-refractivity contribution in [2.75, 3.05) is 33.4 Å². The second-order valence-electron chi connectivity index (χ2n) is 5.39. The fourth-order valence-electron chi connectivity index (χ4n) is 2.45. The lowest BCUT2D eigenvalue weighted by atomic mass is 10.1. The molecule has 0 aliphatic carbocycles. The zero-order valence-corrected chi connectivity index (χ0v) is 12.8. The van der Waals surface area contributed by atoms with Crippen LogP contribution in [-0.2, 0) is 14.3 Å². The second-order valence-corrected chi connectivity index (χ2v) is 5.39. The lowest BCUT2D eigenvalue weighted by molar-refractivity contribution is -0.128. The summed E-state index contributed by atoms with van der Waals surface area (Å²) in [6.07, 6.45) is 3.79. The third-order valence-electron chi connectivity index (χ3n) is 3.65. The maximum Gasteiger partial charge on any atom is 0.244 e. The van der Waals surface area contributed by atoms with Gasteiger partial charge in [-0.2, -0.15) is 0 Å². The Morgan fingerprint density at radius 1 is 1.41 bits per heavy atom. The largest absolute Gasteiger partial charge is 0.383 e. The molecule has 1 saturated heterocycles. The van der Waals surface area contributed by atoms with Crippen LogP contribution in [0.3, 0.4) is 0 Å². The molecule has 1 fully saturated rings. The molecule has 0 radical (unpaired) electrons. The Morgan fingerprint density at radius 2 is 2.18 bits per heavy atom. The predicted molar refractivity (Wildman–Crippen MR) is 85.0 cm³/mol. The van der Waals surface area contributed by atoms with Crippen molar-refractivity contribution in [3.8, 4) is 0 Å². The van der Waals surface area contributed by atoms with Crippen LogP contribution in [-0.4, -0.2) is 50.1 Å². The summed E-state index contributed by atoms with van der Waals surface area (Å²) < 4.78 is 4.99. The van der Waals surface area contributed by atoms with E-state index in [1.165, 1.54) is 6.08 Å². The second kappa shape index (κ2) is 8.34. The molecule has 1 atom stereocenters. The minimum atomic E-state index is -0.133. The molecule has 5 heteroatoms. The number of nitrogens with one attached hydrogen (secondary N) is 1. The first-order chi connectivity index (χ1) is 10.7. The summed E-state index contributed by atoms with van der Waals surface area (Å²) in [7, 11) is 1.62. The van der Waals surface area contributed by atoms with Crippen molar-refractivity contribution >= 4 is 17.9 Å². The molecule has 2 rings (SSSR count). The third-order valence-corrected chi connectivity index (χ3v) is 3.65. The Kier molecular flexibility index (Phi) is 6.15. The van der Waals surface area contributed by atoms with Gasteiger partial charge in [0.2, 0.25) is 11.8 Å². The zero-order valence-electron chi connectivity index (χ0n) is 12.8. The van der Waals surface area contributed by atoms with Crippen molar-refractivity contribution in [2.45, 2.75) is 6.42 Å². The third kappa shape index (κ3) is 5.00. The molecule has 1 aliphatic rings. The maximum absolute atomic E-state index is 11.8. The van der Waals surface area contributed by atoms with Crippen LogP contribution in [0.25, 0.3) is 6.08 Å². The number of nitrogens with zero attached hydrogens (tertiary/aromatic N) is 1. The van der Waals surface area contributed by atoms with Gasteiger partial charge in [0.05, 0.1) is 6.61 Å². The first-order valence-electron chi connectivity index (χ1n) is 7.46. The highest BCUT2D eigenvalue weighted by molar-refractivity contribution is 5.91. The number of amides is 2. The van der Waals surface area contributed by atoms with Crippen molar-refractivity contribution < 1.29 is 14.3 Å². The fourth-order valence-corrected chi connectivity index (χ4v) is 2.45. The summed E-state index contributed by atoms with van der Waals surface area (Å²) >= 11 is 0. The van der Waals surface area contributed by atoms with Crippen LogP contribution in [0, 0.1) is 5.92 Å². The van der Waals surface area contributed by atoms with E-state index in [1.54, 1.807) is 18.1 Å². The molecule has 0 spiro atoms. The van der Waals surface area contributed by atoms with Gasteiger partial charge in [-0.05, 0) is 11.6 Å². The van der Waals surface area contributed by atoms with E-state index in [9.17, 15) is 9.59 Å². The number of ether oxygens (including phenoxy) is 1. The number of carbonyl (C=O) groups is 2. The smallest absolute Gasteiger partial charge is 0.244 e. The van der Waals surface area contributed by atoms with Crippen LogP contribution < -0.4 is 5.32 Å². The normalized spacial score (nSPS) is 18.1. The number of hydrogen-bond acceptors (Lipinski definition) is 3. The van der Waals surface area contributed by atoms with Gasteiger partial charge in [0.1, 0.15) is 0 Å². The van der Waals surface area contributed by atoms with Crippen LogP contribution in [0.5, 0.6) is 0 Å². The lowest BCUT2D eigenvalue weighted by Crippen LogP contribution is -2.31. The molecule has 0 aromatic heterocycles. The summed E-state index contributed by atoms with van der Waals surface area (Å²) in [5.41, 5.74) is 0.986. The minimum Gasteiger partial charge on any atom is -0.383 e. The van der Waals surface area contributed by atoms with Crippen LogP contribution in [0.1, 0.15) is 12.0 Å². The van der Waals surface area contributed by atoms with Gasteiger partial charge in [-0.15, -0.1) is 0 Å². The Morgan fingerprint density at radius 3 is 2.91 bits per heavy atom. The number of carbonyl (C=O) groups excluding carboxylic acids is 2. The van der Waals surface area contributed by atoms with Crippen molar-refractivity contribution in [2.24, 2.45) is 5.92 Å². The van der Waals surface area contributed by atoms with E-state index in [0.29, 0.717) is 32.7 Å². The monoisotopic (exact) mass is 302 g/mol. The molecule has 1 aromatic carbocycles. The Bertz CT molecular complexity index is 528. The summed E-state index contributed by atoms with van der Waals surface area (Å²) in [5, 5.41) is 2.86. The van der Waals surface area contributed by atoms with Gasteiger partial charge in [0.25, 0.3) is 0 Å². The highest BCUT2D eigenvalue weighted by Crippen LogP contribution is 2.16. The molecule has 22 heavy (non-hydrogen) atoms. The lowest BCUT2D eigenvalue weighted by Gasteiger charge is -2.15. The average Bonchev–Trinajstić information content (AvgIpc) is 2.90. The molecule has 1 aromatic rings. The van der Waals surface area contributed by atoms with Gasteiger partial charge in [-0.3, -0.25) is 9.59 Å². The summed E-state index contributed by atoms with van der Waals surface area (Å²) in [5.74, 6) is 0.182. The van der Waals surface area contributed by atoms with Crippen LogP contribution >= 0.6 is 0 Å². The SMILES string of the molecule is COCCN1CC(CNC(=O)C=Cc2ccccc2)CC1=O. The molecular formula is C17H22N2O3. The van der Waals surface area contributed by atoms with Gasteiger partial charge in [-0.1, -0.05) is 30.3 Å². The molecule has 1 aliphatic heterocycles.